The Hall–Kier alpha value is -1.88. The van der Waals surface area contributed by atoms with Gasteiger partial charge in [0.1, 0.15) is 5.75 Å². The van der Waals surface area contributed by atoms with E-state index in [1.165, 1.54) is 0 Å². The molecule has 0 atom stereocenters. The summed E-state index contributed by atoms with van der Waals surface area (Å²) in [5.74, 6) is 0.813. The van der Waals surface area contributed by atoms with Crippen LogP contribution in [0.3, 0.4) is 0 Å². The van der Waals surface area contributed by atoms with E-state index in [9.17, 15) is 9.59 Å². The predicted octanol–water partition coefficient (Wildman–Crippen LogP) is 2.16. The maximum atomic E-state index is 12.4. The molecule has 1 heterocycles. The highest BCUT2D eigenvalue weighted by Gasteiger charge is 2.21. The van der Waals surface area contributed by atoms with E-state index in [0.29, 0.717) is 12.3 Å². The maximum absolute atomic E-state index is 12.4. The highest BCUT2D eigenvalue weighted by Crippen LogP contribution is 2.20. The summed E-state index contributed by atoms with van der Waals surface area (Å²) in [6.07, 6.45) is 3.82. The minimum absolute atomic E-state index is 0.00526. The van der Waals surface area contributed by atoms with E-state index in [1.54, 1.807) is 24.3 Å². The molecule has 2 N–H and O–H groups in total. The van der Waals surface area contributed by atoms with Gasteiger partial charge in [0, 0.05) is 18.0 Å². The van der Waals surface area contributed by atoms with Crippen LogP contribution in [0, 0.1) is 5.92 Å². The van der Waals surface area contributed by atoms with Crippen molar-refractivity contribution in [3.05, 3.63) is 29.8 Å². The Balaban J connectivity index is 1.79. The summed E-state index contributed by atoms with van der Waals surface area (Å²) in [6, 6.07) is 7.09. The lowest BCUT2D eigenvalue weighted by Crippen LogP contribution is -2.31. The van der Waals surface area contributed by atoms with Crippen molar-refractivity contribution in [2.24, 2.45) is 5.92 Å². The number of benzene rings is 1. The van der Waals surface area contributed by atoms with Crippen LogP contribution >= 0.6 is 0 Å². The molecular formula is C18H26N2O3. The zero-order chi connectivity index (χ0) is 16.5. The molecule has 2 rings (SSSR count). The Morgan fingerprint density at radius 1 is 1.22 bits per heavy atom. The van der Waals surface area contributed by atoms with Crippen LogP contribution in [-0.4, -0.2) is 37.9 Å². The lowest BCUT2D eigenvalue weighted by atomic mass is 9.90. The van der Waals surface area contributed by atoms with Crippen LogP contribution in [-0.2, 0) is 4.79 Å². The molecule has 1 saturated heterocycles. The number of amides is 1. The highest BCUT2D eigenvalue weighted by molar-refractivity contribution is 5.98. The minimum Gasteiger partial charge on any atom is -0.484 e. The van der Waals surface area contributed by atoms with E-state index < -0.39 is 0 Å². The number of ketones is 1. The molecular weight excluding hydrogens is 292 g/mol. The van der Waals surface area contributed by atoms with Crippen molar-refractivity contribution in [1.82, 2.24) is 10.6 Å². The fourth-order valence-corrected chi connectivity index (χ4v) is 2.64. The molecule has 0 spiro atoms. The number of Topliss-reactive ketones (excluding diaryl/α,β-unsaturated/α-hetero) is 1. The van der Waals surface area contributed by atoms with Gasteiger partial charge in [0.05, 0.1) is 0 Å². The molecule has 5 nitrogen and oxygen atoms in total. The second-order valence-corrected chi connectivity index (χ2v) is 5.91. The van der Waals surface area contributed by atoms with E-state index >= 15 is 0 Å². The average Bonchev–Trinajstić information content (AvgIpc) is 2.61. The van der Waals surface area contributed by atoms with E-state index in [1.807, 2.05) is 0 Å². The third kappa shape index (κ3) is 5.67. The molecule has 0 aliphatic carbocycles. The molecule has 1 amide bonds. The van der Waals surface area contributed by atoms with Crippen molar-refractivity contribution in [1.29, 1.82) is 0 Å². The predicted molar refractivity (Wildman–Crippen MR) is 89.8 cm³/mol. The Kier molecular flexibility index (Phi) is 7.07. The molecule has 5 heteroatoms. The number of carbonyl (C=O) groups is 2. The van der Waals surface area contributed by atoms with E-state index in [-0.39, 0.29) is 24.2 Å². The lowest BCUT2D eigenvalue weighted by Gasteiger charge is -2.21. The SMILES string of the molecule is CCCCNC(=O)COc1ccc(C(=O)C2CCNCC2)cc1. The molecule has 126 valence electrons. The van der Waals surface area contributed by atoms with Gasteiger partial charge < -0.3 is 15.4 Å². The number of piperidine rings is 1. The Bertz CT molecular complexity index is 508. The molecule has 0 bridgehead atoms. The van der Waals surface area contributed by atoms with E-state index in [0.717, 1.165) is 44.3 Å². The molecule has 0 unspecified atom stereocenters. The second kappa shape index (κ2) is 9.30. The molecule has 0 radical (unpaired) electrons. The van der Waals surface area contributed by atoms with Gasteiger partial charge >= 0.3 is 0 Å². The van der Waals surface area contributed by atoms with Gasteiger partial charge in [0.15, 0.2) is 12.4 Å². The van der Waals surface area contributed by atoms with Crippen molar-refractivity contribution in [2.75, 3.05) is 26.2 Å². The standard InChI is InChI=1S/C18H26N2O3/c1-2-3-10-20-17(21)13-23-16-6-4-14(5-7-16)18(22)15-8-11-19-12-9-15/h4-7,15,19H,2-3,8-13H2,1H3,(H,20,21). The van der Waals surface area contributed by atoms with Crippen molar-refractivity contribution in [2.45, 2.75) is 32.6 Å². The number of unbranched alkanes of at least 4 members (excludes halogenated alkanes) is 1. The number of ether oxygens (including phenoxy) is 1. The first-order valence-electron chi connectivity index (χ1n) is 8.45. The van der Waals surface area contributed by atoms with Gasteiger partial charge in [-0.1, -0.05) is 13.3 Å². The smallest absolute Gasteiger partial charge is 0.257 e. The van der Waals surface area contributed by atoms with Gasteiger partial charge in [-0.05, 0) is 56.6 Å². The fraction of sp³-hybridized carbons (Fsp3) is 0.556. The molecule has 1 fully saturated rings. The third-order valence-electron chi connectivity index (χ3n) is 4.07. The number of hydrogen-bond acceptors (Lipinski definition) is 4. The topological polar surface area (TPSA) is 67.4 Å². The van der Waals surface area contributed by atoms with Crippen molar-refractivity contribution < 1.29 is 14.3 Å². The molecule has 1 aromatic carbocycles. The zero-order valence-corrected chi connectivity index (χ0v) is 13.8. The van der Waals surface area contributed by atoms with Crippen LogP contribution in [0.25, 0.3) is 0 Å². The molecule has 0 aromatic heterocycles. The van der Waals surface area contributed by atoms with Gasteiger partial charge in [-0.3, -0.25) is 9.59 Å². The van der Waals surface area contributed by atoms with Gasteiger partial charge in [-0.2, -0.15) is 0 Å². The first kappa shape index (κ1) is 17.5. The lowest BCUT2D eigenvalue weighted by molar-refractivity contribution is -0.123. The largest absolute Gasteiger partial charge is 0.484 e. The normalized spacial score (nSPS) is 15.2. The van der Waals surface area contributed by atoms with Crippen LogP contribution < -0.4 is 15.4 Å². The Labute approximate surface area is 137 Å². The Morgan fingerprint density at radius 2 is 1.91 bits per heavy atom. The van der Waals surface area contributed by atoms with Crippen LogP contribution in [0.2, 0.25) is 0 Å². The number of nitrogens with one attached hydrogen (secondary N) is 2. The van der Waals surface area contributed by atoms with E-state index in [2.05, 4.69) is 17.6 Å². The molecule has 1 aliphatic heterocycles. The summed E-state index contributed by atoms with van der Waals surface area (Å²) in [7, 11) is 0. The number of rotatable bonds is 8. The van der Waals surface area contributed by atoms with Gasteiger partial charge in [0.25, 0.3) is 5.91 Å². The van der Waals surface area contributed by atoms with Gasteiger partial charge in [-0.25, -0.2) is 0 Å². The van der Waals surface area contributed by atoms with Gasteiger partial charge in [0.2, 0.25) is 0 Å². The van der Waals surface area contributed by atoms with Crippen LogP contribution in [0.4, 0.5) is 0 Å². The second-order valence-electron chi connectivity index (χ2n) is 5.91. The van der Waals surface area contributed by atoms with Gasteiger partial charge in [-0.15, -0.1) is 0 Å². The third-order valence-corrected chi connectivity index (χ3v) is 4.07. The number of carbonyl (C=O) groups excluding carboxylic acids is 2. The average molecular weight is 318 g/mol. The van der Waals surface area contributed by atoms with Crippen LogP contribution in [0.15, 0.2) is 24.3 Å². The molecule has 23 heavy (non-hydrogen) atoms. The van der Waals surface area contributed by atoms with Crippen molar-refractivity contribution in [3.63, 3.8) is 0 Å². The minimum atomic E-state index is -0.117. The fourth-order valence-electron chi connectivity index (χ4n) is 2.64. The first-order chi connectivity index (χ1) is 11.2. The molecule has 1 aliphatic rings. The summed E-state index contributed by atoms with van der Waals surface area (Å²) in [6.45, 7) is 4.58. The summed E-state index contributed by atoms with van der Waals surface area (Å²) in [5.41, 5.74) is 0.719. The van der Waals surface area contributed by atoms with Crippen LogP contribution in [0.5, 0.6) is 5.75 Å². The monoisotopic (exact) mass is 318 g/mol. The molecule has 1 aromatic rings. The summed E-state index contributed by atoms with van der Waals surface area (Å²) in [5, 5.41) is 6.07. The first-order valence-corrected chi connectivity index (χ1v) is 8.45. The maximum Gasteiger partial charge on any atom is 0.257 e. The summed E-state index contributed by atoms with van der Waals surface area (Å²) in [4.78, 5) is 24.0. The summed E-state index contributed by atoms with van der Waals surface area (Å²) < 4.78 is 5.45. The zero-order valence-electron chi connectivity index (χ0n) is 13.8. The van der Waals surface area contributed by atoms with Crippen molar-refractivity contribution in [3.8, 4) is 5.75 Å². The molecule has 0 saturated carbocycles. The Morgan fingerprint density at radius 3 is 2.57 bits per heavy atom. The number of hydrogen-bond donors (Lipinski definition) is 2. The quantitative estimate of drug-likeness (QED) is 0.569. The highest BCUT2D eigenvalue weighted by atomic mass is 16.5. The van der Waals surface area contributed by atoms with Crippen LogP contribution in [0.1, 0.15) is 43.0 Å². The van der Waals surface area contributed by atoms with E-state index in [4.69, 9.17) is 4.74 Å². The summed E-state index contributed by atoms with van der Waals surface area (Å²) >= 11 is 0. The van der Waals surface area contributed by atoms with Crippen molar-refractivity contribution >= 4 is 11.7 Å².